The second-order valence-electron chi connectivity index (χ2n) is 6.04. The van der Waals surface area contributed by atoms with Gasteiger partial charge in [0.05, 0.1) is 17.5 Å². The Morgan fingerprint density at radius 2 is 2.04 bits per heavy atom. The molecule has 0 saturated carbocycles. The number of hydrogen-bond donors (Lipinski definition) is 0. The minimum atomic E-state index is -3.03. The number of anilines is 1. The zero-order valence-electron chi connectivity index (χ0n) is 13.3. The molecular weight excluding hydrogens is 412 g/mol. The molecule has 2 saturated heterocycles. The van der Waals surface area contributed by atoms with E-state index in [2.05, 4.69) is 20.9 Å². The Labute approximate surface area is 155 Å². The summed E-state index contributed by atoms with van der Waals surface area (Å²) < 4.78 is 24.9. The third kappa shape index (κ3) is 3.86. The number of nitrogens with zero attached hydrogens (tertiary/aromatic N) is 2. The fourth-order valence-electron chi connectivity index (χ4n) is 2.96. The van der Waals surface area contributed by atoms with Crippen molar-refractivity contribution in [3.8, 4) is 0 Å². The highest BCUT2D eigenvalue weighted by molar-refractivity contribution is 9.10. The number of sulfone groups is 1. The molecule has 2 heterocycles. The van der Waals surface area contributed by atoms with E-state index in [4.69, 9.17) is 0 Å². The van der Waals surface area contributed by atoms with Crippen LogP contribution in [-0.2, 0) is 14.6 Å². The molecule has 0 radical (unpaired) electrons. The van der Waals surface area contributed by atoms with Gasteiger partial charge in [0, 0.05) is 21.8 Å². The lowest BCUT2D eigenvalue weighted by atomic mass is 10.2. The maximum atomic E-state index is 12.1. The molecule has 0 aromatic heterocycles. The van der Waals surface area contributed by atoms with Crippen LogP contribution in [0.2, 0.25) is 0 Å². The predicted octanol–water partition coefficient (Wildman–Crippen LogP) is 3.24. The molecule has 0 bridgehead atoms. The van der Waals surface area contributed by atoms with Crippen molar-refractivity contribution in [2.45, 2.75) is 37.5 Å². The molecule has 0 unspecified atom stereocenters. The molecule has 2 aliphatic heterocycles. The molecule has 2 atom stereocenters. The Balaban J connectivity index is 1.92. The van der Waals surface area contributed by atoms with Gasteiger partial charge in [-0.1, -0.05) is 41.0 Å². The number of benzene rings is 1. The summed E-state index contributed by atoms with van der Waals surface area (Å²) in [6.07, 6.45) is 2.20. The van der Waals surface area contributed by atoms with Crippen LogP contribution < -0.4 is 4.90 Å². The molecule has 0 N–H and O–H groups in total. The van der Waals surface area contributed by atoms with E-state index in [1.807, 2.05) is 36.1 Å². The van der Waals surface area contributed by atoms with Crippen molar-refractivity contribution < 1.29 is 13.2 Å². The summed E-state index contributed by atoms with van der Waals surface area (Å²) in [4.78, 5) is 18.3. The first kappa shape index (κ1) is 17.9. The van der Waals surface area contributed by atoms with Crippen molar-refractivity contribution in [2.75, 3.05) is 16.4 Å². The molecule has 1 aromatic rings. The summed E-state index contributed by atoms with van der Waals surface area (Å²) in [6, 6.07) is 7.51. The number of aliphatic imine (C=N–C) groups is 1. The van der Waals surface area contributed by atoms with E-state index in [1.54, 1.807) is 0 Å². The van der Waals surface area contributed by atoms with Gasteiger partial charge in [-0.2, -0.15) is 4.99 Å². The fourth-order valence-corrected chi connectivity index (χ4v) is 7.15. The number of halogens is 1. The molecule has 1 amide bonds. The van der Waals surface area contributed by atoms with Crippen LogP contribution >= 0.6 is 27.7 Å². The number of carbonyl (C=O) groups excluding carboxylic acids is 1. The number of unbranched alkanes of at least 4 members (excludes halogenated alkanes) is 1. The van der Waals surface area contributed by atoms with Crippen LogP contribution in [0.4, 0.5) is 5.69 Å². The number of fused-ring (bicyclic) bond motifs is 1. The van der Waals surface area contributed by atoms with Gasteiger partial charge >= 0.3 is 0 Å². The Bertz CT molecular complexity index is 762. The summed E-state index contributed by atoms with van der Waals surface area (Å²) in [5, 5.41) is 0.569. The van der Waals surface area contributed by atoms with E-state index in [0.717, 1.165) is 23.0 Å². The van der Waals surface area contributed by atoms with Crippen molar-refractivity contribution >= 4 is 54.3 Å². The zero-order chi connectivity index (χ0) is 17.3. The van der Waals surface area contributed by atoms with Crippen LogP contribution in [0.25, 0.3) is 0 Å². The largest absolute Gasteiger partial charge is 0.316 e. The standard InChI is InChI=1S/C16H19BrN2O3S2/c1-2-3-4-15(20)18-16-19(12-7-5-11(17)6-8-12)13-9-24(21,22)10-14(13)23-16/h5-8,13-14H,2-4,9-10H2,1H3/t13-,14+/m1/s1. The van der Waals surface area contributed by atoms with Gasteiger partial charge < -0.3 is 4.90 Å². The van der Waals surface area contributed by atoms with E-state index in [9.17, 15) is 13.2 Å². The Morgan fingerprint density at radius 3 is 2.71 bits per heavy atom. The predicted molar refractivity (Wildman–Crippen MR) is 102 cm³/mol. The molecule has 0 spiro atoms. The van der Waals surface area contributed by atoms with Gasteiger partial charge in [-0.3, -0.25) is 4.79 Å². The lowest BCUT2D eigenvalue weighted by Crippen LogP contribution is -2.37. The van der Waals surface area contributed by atoms with Crippen molar-refractivity contribution in [3.63, 3.8) is 0 Å². The molecule has 8 heteroatoms. The highest BCUT2D eigenvalue weighted by Crippen LogP contribution is 2.41. The Morgan fingerprint density at radius 1 is 1.33 bits per heavy atom. The Hall–Kier alpha value is -0.860. The summed E-state index contributed by atoms with van der Waals surface area (Å²) in [5.74, 6) is 0.129. The minimum absolute atomic E-state index is 0.0589. The summed E-state index contributed by atoms with van der Waals surface area (Å²) in [6.45, 7) is 2.04. The smallest absolute Gasteiger partial charge is 0.248 e. The van der Waals surface area contributed by atoms with Gasteiger partial charge in [-0.05, 0) is 30.7 Å². The number of amides is 1. The molecule has 5 nitrogen and oxygen atoms in total. The van der Waals surface area contributed by atoms with E-state index in [1.165, 1.54) is 11.8 Å². The third-order valence-corrected chi connectivity index (χ3v) is 7.87. The maximum absolute atomic E-state index is 12.1. The first-order chi connectivity index (χ1) is 11.4. The van der Waals surface area contributed by atoms with E-state index < -0.39 is 9.84 Å². The average molecular weight is 431 g/mol. The highest BCUT2D eigenvalue weighted by Gasteiger charge is 2.49. The van der Waals surface area contributed by atoms with Crippen molar-refractivity contribution in [1.29, 1.82) is 0 Å². The van der Waals surface area contributed by atoms with Crippen molar-refractivity contribution in [2.24, 2.45) is 4.99 Å². The topological polar surface area (TPSA) is 66.8 Å². The van der Waals surface area contributed by atoms with Crippen LogP contribution in [0.5, 0.6) is 0 Å². The maximum Gasteiger partial charge on any atom is 0.248 e. The van der Waals surface area contributed by atoms with E-state index in [-0.39, 0.29) is 28.7 Å². The van der Waals surface area contributed by atoms with Crippen molar-refractivity contribution in [1.82, 2.24) is 0 Å². The third-order valence-electron chi connectivity index (χ3n) is 4.14. The molecular formula is C16H19BrN2O3S2. The van der Waals surface area contributed by atoms with Crippen LogP contribution in [0.1, 0.15) is 26.2 Å². The van der Waals surface area contributed by atoms with E-state index >= 15 is 0 Å². The van der Waals surface area contributed by atoms with Gasteiger partial charge in [0.2, 0.25) is 5.91 Å². The monoisotopic (exact) mass is 430 g/mol. The molecule has 0 aliphatic carbocycles. The number of hydrogen-bond acceptors (Lipinski definition) is 4. The lowest BCUT2D eigenvalue weighted by Gasteiger charge is -2.24. The summed E-state index contributed by atoms with van der Waals surface area (Å²) in [7, 11) is -3.03. The van der Waals surface area contributed by atoms with Gasteiger partial charge in [-0.15, -0.1) is 0 Å². The van der Waals surface area contributed by atoms with Gasteiger partial charge in [0.1, 0.15) is 0 Å². The normalized spacial score (nSPS) is 26.8. The first-order valence-electron chi connectivity index (χ1n) is 7.93. The molecule has 24 heavy (non-hydrogen) atoms. The first-order valence-corrected chi connectivity index (χ1v) is 11.4. The lowest BCUT2D eigenvalue weighted by molar-refractivity contribution is -0.117. The summed E-state index contributed by atoms with van der Waals surface area (Å²) >= 11 is 4.83. The fraction of sp³-hybridized carbons (Fsp3) is 0.500. The number of thioether (sulfide) groups is 1. The number of carbonyl (C=O) groups is 1. The second-order valence-corrected chi connectivity index (χ2v) is 10.3. The number of amidine groups is 1. The quantitative estimate of drug-likeness (QED) is 0.733. The molecule has 2 aliphatic rings. The van der Waals surface area contributed by atoms with Crippen LogP contribution in [0.3, 0.4) is 0 Å². The summed E-state index contributed by atoms with van der Waals surface area (Å²) in [5.41, 5.74) is 0.873. The number of rotatable bonds is 4. The SMILES string of the molecule is CCCCC(=O)N=C1S[C@H]2CS(=O)(=O)C[C@H]2N1c1ccc(Br)cc1. The van der Waals surface area contributed by atoms with Gasteiger partial charge in [-0.25, -0.2) is 8.42 Å². The van der Waals surface area contributed by atoms with Crippen molar-refractivity contribution in [3.05, 3.63) is 28.7 Å². The second kappa shape index (κ2) is 7.17. The molecule has 2 fully saturated rings. The highest BCUT2D eigenvalue weighted by atomic mass is 79.9. The Kier molecular flexibility index (Phi) is 5.36. The molecule has 130 valence electrons. The molecule has 1 aromatic carbocycles. The van der Waals surface area contributed by atoms with Gasteiger partial charge in [0.25, 0.3) is 0 Å². The van der Waals surface area contributed by atoms with Crippen LogP contribution in [-0.4, -0.2) is 42.3 Å². The van der Waals surface area contributed by atoms with Crippen LogP contribution in [0, 0.1) is 0 Å². The van der Waals surface area contributed by atoms with Crippen LogP contribution in [0.15, 0.2) is 33.7 Å². The van der Waals surface area contributed by atoms with E-state index in [0.29, 0.717) is 11.6 Å². The van der Waals surface area contributed by atoms with Gasteiger partial charge in [0.15, 0.2) is 15.0 Å². The average Bonchev–Trinajstić information content (AvgIpc) is 2.97. The minimum Gasteiger partial charge on any atom is -0.316 e. The zero-order valence-corrected chi connectivity index (χ0v) is 16.5. The molecule has 3 rings (SSSR count).